The van der Waals surface area contributed by atoms with Gasteiger partial charge in [-0.15, -0.1) is 0 Å². The molecular formula is C16H25. The van der Waals surface area contributed by atoms with Gasteiger partial charge in [0.1, 0.15) is 0 Å². The zero-order valence-electron chi connectivity index (χ0n) is 10.9. The lowest BCUT2D eigenvalue weighted by atomic mass is 10.0. The fraction of sp³-hybridized carbons (Fsp3) is 0.625. The number of benzene rings is 1. The van der Waals surface area contributed by atoms with Crippen LogP contribution in [0.5, 0.6) is 0 Å². The van der Waals surface area contributed by atoms with E-state index in [4.69, 9.17) is 0 Å². The molecule has 0 heteroatoms. The lowest BCUT2D eigenvalue weighted by Gasteiger charge is -2.03. The summed E-state index contributed by atoms with van der Waals surface area (Å²) in [5.74, 6) is 0. The summed E-state index contributed by atoms with van der Waals surface area (Å²) in [5, 5.41) is 0. The van der Waals surface area contributed by atoms with E-state index in [1.807, 2.05) is 0 Å². The molecule has 0 nitrogen and oxygen atoms in total. The van der Waals surface area contributed by atoms with Gasteiger partial charge < -0.3 is 0 Å². The highest BCUT2D eigenvalue weighted by Crippen LogP contribution is 2.10. The molecule has 1 radical (unpaired) electrons. The number of unbranched alkanes of at least 4 members (excludes halogenated alkanes) is 4. The van der Waals surface area contributed by atoms with Crippen molar-refractivity contribution in [2.45, 2.75) is 65.2 Å². The molecule has 0 N–H and O–H groups in total. The van der Waals surface area contributed by atoms with E-state index in [9.17, 15) is 0 Å². The Morgan fingerprint density at radius 2 is 1.69 bits per heavy atom. The molecule has 0 aliphatic heterocycles. The second-order valence-corrected chi connectivity index (χ2v) is 4.64. The van der Waals surface area contributed by atoms with Gasteiger partial charge in [-0.2, -0.15) is 0 Å². The maximum atomic E-state index is 3.42. The lowest BCUT2D eigenvalue weighted by molar-refractivity contribution is 0.666. The Morgan fingerprint density at radius 3 is 2.31 bits per heavy atom. The van der Waals surface area contributed by atoms with Crippen molar-refractivity contribution in [2.75, 3.05) is 0 Å². The topological polar surface area (TPSA) is 0 Å². The molecule has 0 saturated carbocycles. The Labute approximate surface area is 101 Å². The first-order chi connectivity index (χ1) is 7.86. The largest absolute Gasteiger partial charge is 0.0654 e. The molecule has 89 valence electrons. The number of aryl methyl sites for hydroxylation is 2. The monoisotopic (exact) mass is 217 g/mol. The van der Waals surface area contributed by atoms with Crippen molar-refractivity contribution in [2.24, 2.45) is 0 Å². The second-order valence-electron chi connectivity index (χ2n) is 4.64. The molecule has 0 unspecified atom stereocenters. The Hall–Kier alpha value is -0.780. The molecule has 0 saturated heterocycles. The fourth-order valence-electron chi connectivity index (χ4n) is 1.92. The summed E-state index contributed by atoms with van der Waals surface area (Å²) >= 11 is 0. The Kier molecular flexibility index (Phi) is 6.96. The number of hydrogen-bond acceptors (Lipinski definition) is 0. The minimum absolute atomic E-state index is 1.20. The van der Waals surface area contributed by atoms with Crippen molar-refractivity contribution in [3.63, 3.8) is 0 Å². The van der Waals surface area contributed by atoms with E-state index < -0.39 is 0 Å². The van der Waals surface area contributed by atoms with Crippen molar-refractivity contribution >= 4 is 0 Å². The standard InChI is InChI=1S/C16H25/c1-3-5-7-8-10-16-13-11-15(12-14-16)9-6-4-2/h11-13H,3-10H2,1-2H3. The van der Waals surface area contributed by atoms with Gasteiger partial charge in [0.15, 0.2) is 0 Å². The second kappa shape index (κ2) is 8.38. The van der Waals surface area contributed by atoms with Crippen LogP contribution in [0, 0.1) is 6.07 Å². The van der Waals surface area contributed by atoms with E-state index >= 15 is 0 Å². The summed E-state index contributed by atoms with van der Waals surface area (Å²) in [4.78, 5) is 0. The van der Waals surface area contributed by atoms with Gasteiger partial charge in [-0.25, -0.2) is 0 Å². The molecule has 0 bridgehead atoms. The van der Waals surface area contributed by atoms with Gasteiger partial charge >= 0.3 is 0 Å². The molecule has 0 spiro atoms. The Morgan fingerprint density at radius 1 is 0.875 bits per heavy atom. The van der Waals surface area contributed by atoms with Gasteiger partial charge in [0.25, 0.3) is 0 Å². The van der Waals surface area contributed by atoms with Gasteiger partial charge in [0.05, 0.1) is 0 Å². The molecule has 0 fully saturated rings. The number of rotatable bonds is 8. The molecule has 1 aromatic carbocycles. The third-order valence-electron chi connectivity index (χ3n) is 3.06. The van der Waals surface area contributed by atoms with Gasteiger partial charge in [-0.3, -0.25) is 0 Å². The third-order valence-corrected chi connectivity index (χ3v) is 3.06. The smallest absolute Gasteiger partial charge is 0.0146 e. The maximum absolute atomic E-state index is 3.42. The highest BCUT2D eigenvalue weighted by atomic mass is 14.0. The molecule has 0 aliphatic rings. The third kappa shape index (κ3) is 5.34. The normalized spacial score (nSPS) is 10.6. The summed E-state index contributed by atoms with van der Waals surface area (Å²) in [7, 11) is 0. The van der Waals surface area contributed by atoms with Gasteiger partial charge in [0, 0.05) is 0 Å². The van der Waals surface area contributed by atoms with Gasteiger partial charge in [0.2, 0.25) is 0 Å². The van der Waals surface area contributed by atoms with E-state index in [0.29, 0.717) is 0 Å². The zero-order chi connectivity index (χ0) is 11.6. The molecule has 0 heterocycles. The van der Waals surface area contributed by atoms with Crippen LogP contribution in [0.3, 0.4) is 0 Å². The first-order valence-electron chi connectivity index (χ1n) is 6.86. The highest BCUT2D eigenvalue weighted by molar-refractivity contribution is 5.21. The molecule has 1 rings (SSSR count). The van der Waals surface area contributed by atoms with Gasteiger partial charge in [-0.05, 0) is 42.9 Å². The highest BCUT2D eigenvalue weighted by Gasteiger charge is 1.96. The quantitative estimate of drug-likeness (QED) is 0.540. The Balaban J connectivity index is 2.27. The van der Waals surface area contributed by atoms with Crippen molar-refractivity contribution < 1.29 is 0 Å². The van der Waals surface area contributed by atoms with Crippen LogP contribution >= 0.6 is 0 Å². The van der Waals surface area contributed by atoms with E-state index in [2.05, 4.69) is 38.1 Å². The predicted molar refractivity (Wildman–Crippen MR) is 71.7 cm³/mol. The van der Waals surface area contributed by atoms with Crippen LogP contribution in [0.4, 0.5) is 0 Å². The molecule has 1 aromatic rings. The van der Waals surface area contributed by atoms with Crippen LogP contribution in [0.2, 0.25) is 0 Å². The minimum atomic E-state index is 1.20. The average Bonchev–Trinajstić information content (AvgIpc) is 2.33. The van der Waals surface area contributed by atoms with E-state index in [-0.39, 0.29) is 0 Å². The molecular weight excluding hydrogens is 192 g/mol. The van der Waals surface area contributed by atoms with E-state index in [0.717, 1.165) is 0 Å². The van der Waals surface area contributed by atoms with Gasteiger partial charge in [-0.1, -0.05) is 57.7 Å². The summed E-state index contributed by atoms with van der Waals surface area (Å²) in [6.07, 6.45) is 10.4. The molecule has 0 aliphatic carbocycles. The SMILES string of the molecule is CCCCCCc1[c]cc(CCCC)cc1. The lowest BCUT2D eigenvalue weighted by Crippen LogP contribution is -1.89. The first kappa shape index (κ1) is 13.3. The van der Waals surface area contributed by atoms with Crippen LogP contribution in [0.1, 0.15) is 63.5 Å². The first-order valence-corrected chi connectivity index (χ1v) is 6.86. The zero-order valence-corrected chi connectivity index (χ0v) is 10.9. The summed E-state index contributed by atoms with van der Waals surface area (Å²) in [6.45, 7) is 4.50. The molecule has 0 amide bonds. The summed E-state index contributed by atoms with van der Waals surface area (Å²) < 4.78 is 0. The summed E-state index contributed by atoms with van der Waals surface area (Å²) in [5.41, 5.74) is 2.83. The number of hydrogen-bond donors (Lipinski definition) is 0. The fourth-order valence-corrected chi connectivity index (χ4v) is 1.92. The molecule has 0 atom stereocenters. The van der Waals surface area contributed by atoms with E-state index in [1.54, 1.807) is 0 Å². The summed E-state index contributed by atoms with van der Waals surface area (Å²) in [6, 6.07) is 10.1. The minimum Gasteiger partial charge on any atom is -0.0654 e. The Bertz CT molecular complexity index is 258. The van der Waals surface area contributed by atoms with E-state index in [1.165, 1.54) is 62.5 Å². The van der Waals surface area contributed by atoms with Crippen LogP contribution in [-0.4, -0.2) is 0 Å². The van der Waals surface area contributed by atoms with Crippen LogP contribution < -0.4 is 0 Å². The maximum Gasteiger partial charge on any atom is -0.0146 e. The van der Waals surface area contributed by atoms with Crippen molar-refractivity contribution in [1.29, 1.82) is 0 Å². The molecule has 0 aromatic heterocycles. The van der Waals surface area contributed by atoms with Crippen LogP contribution in [-0.2, 0) is 12.8 Å². The van der Waals surface area contributed by atoms with Crippen molar-refractivity contribution in [3.05, 3.63) is 35.4 Å². The van der Waals surface area contributed by atoms with Crippen LogP contribution in [0.25, 0.3) is 0 Å². The molecule has 16 heavy (non-hydrogen) atoms. The van der Waals surface area contributed by atoms with Crippen molar-refractivity contribution in [1.82, 2.24) is 0 Å². The average molecular weight is 217 g/mol. The predicted octanol–water partition coefficient (Wildman–Crippen LogP) is 4.95. The van der Waals surface area contributed by atoms with Crippen molar-refractivity contribution in [3.8, 4) is 0 Å². The van der Waals surface area contributed by atoms with Crippen LogP contribution in [0.15, 0.2) is 18.2 Å².